The first-order chi connectivity index (χ1) is 9.08. The molecule has 1 N–H and O–H groups in total. The lowest BCUT2D eigenvalue weighted by molar-refractivity contribution is -0.136. The molecule has 0 aliphatic carbocycles. The number of piperidine rings is 2. The quantitative estimate of drug-likeness (QED) is 0.869. The van der Waals surface area contributed by atoms with Crippen LogP contribution in [0.25, 0.3) is 0 Å². The second-order valence-corrected chi connectivity index (χ2v) is 6.85. The molecular formula is C16H31ClN2O. The van der Waals surface area contributed by atoms with Crippen molar-refractivity contribution >= 4 is 18.3 Å². The highest BCUT2D eigenvalue weighted by atomic mass is 35.5. The first-order valence-corrected chi connectivity index (χ1v) is 8.08. The number of nitrogens with zero attached hydrogens (tertiary/aromatic N) is 1. The summed E-state index contributed by atoms with van der Waals surface area (Å²) < 4.78 is 0. The Hall–Kier alpha value is -0.280. The molecule has 20 heavy (non-hydrogen) atoms. The summed E-state index contributed by atoms with van der Waals surface area (Å²) in [5, 5.41) is 3.40. The van der Waals surface area contributed by atoms with Crippen LogP contribution in [0.5, 0.6) is 0 Å². The summed E-state index contributed by atoms with van der Waals surface area (Å²) in [5.41, 5.74) is 0. The van der Waals surface area contributed by atoms with Crippen molar-refractivity contribution in [3.63, 3.8) is 0 Å². The molecule has 0 aromatic carbocycles. The Morgan fingerprint density at radius 1 is 1.20 bits per heavy atom. The van der Waals surface area contributed by atoms with Gasteiger partial charge >= 0.3 is 0 Å². The predicted molar refractivity (Wildman–Crippen MR) is 86.2 cm³/mol. The second-order valence-electron chi connectivity index (χ2n) is 6.85. The Balaban J connectivity index is 0.00000200. The fraction of sp³-hybridized carbons (Fsp3) is 0.938. The van der Waals surface area contributed by atoms with Crippen LogP contribution in [-0.2, 0) is 4.79 Å². The summed E-state index contributed by atoms with van der Waals surface area (Å²) in [7, 11) is 0. The highest BCUT2D eigenvalue weighted by Gasteiger charge is 2.29. The van der Waals surface area contributed by atoms with Gasteiger partial charge in [0.15, 0.2) is 0 Å². The highest BCUT2D eigenvalue weighted by Crippen LogP contribution is 2.27. The minimum atomic E-state index is 0. The molecule has 0 bridgehead atoms. The van der Waals surface area contributed by atoms with Crippen LogP contribution in [0.4, 0.5) is 0 Å². The van der Waals surface area contributed by atoms with Crippen molar-refractivity contribution < 1.29 is 4.79 Å². The Labute approximate surface area is 130 Å². The number of hydrogen-bond donors (Lipinski definition) is 1. The van der Waals surface area contributed by atoms with E-state index in [9.17, 15) is 4.79 Å². The van der Waals surface area contributed by atoms with Gasteiger partial charge in [0, 0.05) is 19.0 Å². The Morgan fingerprint density at radius 3 is 2.50 bits per heavy atom. The molecule has 2 rings (SSSR count). The lowest BCUT2D eigenvalue weighted by Crippen LogP contribution is -2.45. The zero-order valence-electron chi connectivity index (χ0n) is 13.2. The maximum Gasteiger partial charge on any atom is 0.223 e. The number of carbonyl (C=O) groups excluding carboxylic acids is 1. The van der Waals surface area contributed by atoms with E-state index in [-0.39, 0.29) is 12.4 Å². The summed E-state index contributed by atoms with van der Waals surface area (Å²) in [4.78, 5) is 14.7. The van der Waals surface area contributed by atoms with Crippen LogP contribution in [0.2, 0.25) is 0 Å². The van der Waals surface area contributed by atoms with Crippen molar-refractivity contribution in [2.45, 2.75) is 58.9 Å². The third kappa shape index (κ3) is 4.63. The van der Waals surface area contributed by atoms with Gasteiger partial charge in [0.05, 0.1) is 0 Å². The molecule has 118 valence electrons. The fourth-order valence-corrected chi connectivity index (χ4v) is 3.61. The fourth-order valence-electron chi connectivity index (χ4n) is 3.61. The maximum atomic E-state index is 12.5. The van der Waals surface area contributed by atoms with Gasteiger partial charge in [-0.1, -0.05) is 13.8 Å². The van der Waals surface area contributed by atoms with E-state index in [1.54, 1.807) is 0 Å². The van der Waals surface area contributed by atoms with E-state index in [2.05, 4.69) is 31.0 Å². The molecule has 0 aromatic heterocycles. The Morgan fingerprint density at radius 2 is 1.85 bits per heavy atom. The van der Waals surface area contributed by atoms with Crippen molar-refractivity contribution in [3.05, 3.63) is 0 Å². The third-order valence-electron chi connectivity index (χ3n) is 5.12. The minimum absolute atomic E-state index is 0. The van der Waals surface area contributed by atoms with Crippen molar-refractivity contribution in [2.75, 3.05) is 19.6 Å². The molecule has 3 atom stereocenters. The molecule has 2 heterocycles. The first kappa shape index (κ1) is 17.8. The van der Waals surface area contributed by atoms with Crippen LogP contribution in [-0.4, -0.2) is 36.5 Å². The number of likely N-dealkylation sites (tertiary alicyclic amines) is 1. The summed E-state index contributed by atoms with van der Waals surface area (Å²) in [6.45, 7) is 9.97. The number of hydrogen-bond acceptors (Lipinski definition) is 2. The smallest absolute Gasteiger partial charge is 0.223 e. The van der Waals surface area contributed by atoms with Crippen molar-refractivity contribution in [3.8, 4) is 0 Å². The molecule has 0 aromatic rings. The highest BCUT2D eigenvalue weighted by molar-refractivity contribution is 5.85. The van der Waals surface area contributed by atoms with Crippen LogP contribution < -0.4 is 5.32 Å². The van der Waals surface area contributed by atoms with Gasteiger partial charge in [0.1, 0.15) is 0 Å². The van der Waals surface area contributed by atoms with Gasteiger partial charge in [-0.2, -0.15) is 0 Å². The number of halogens is 1. The molecule has 2 fully saturated rings. The number of amides is 1. The molecule has 2 aliphatic heterocycles. The van der Waals surface area contributed by atoms with Gasteiger partial charge in [-0.25, -0.2) is 0 Å². The van der Waals surface area contributed by atoms with Gasteiger partial charge in [-0.15, -0.1) is 12.4 Å². The molecule has 3 unspecified atom stereocenters. The molecule has 0 spiro atoms. The molecule has 2 saturated heterocycles. The second kappa shape index (κ2) is 8.23. The summed E-state index contributed by atoms with van der Waals surface area (Å²) in [6, 6.07) is 0.448. The predicted octanol–water partition coefficient (Wildman–Crippen LogP) is 3.08. The van der Waals surface area contributed by atoms with Crippen molar-refractivity contribution in [1.29, 1.82) is 0 Å². The SMILES string of the molecule is CC1CCC(C)N(C(=O)CC(C)C2CCNCC2)C1.Cl. The van der Waals surface area contributed by atoms with E-state index >= 15 is 0 Å². The monoisotopic (exact) mass is 302 g/mol. The van der Waals surface area contributed by atoms with Crippen LogP contribution in [0.15, 0.2) is 0 Å². The Bertz CT molecular complexity index is 305. The molecule has 2 aliphatic rings. The molecule has 1 amide bonds. The number of carbonyl (C=O) groups is 1. The van der Waals surface area contributed by atoms with E-state index in [1.165, 1.54) is 25.7 Å². The molecule has 4 heteroatoms. The van der Waals surface area contributed by atoms with Crippen LogP contribution in [0.3, 0.4) is 0 Å². The van der Waals surface area contributed by atoms with Crippen LogP contribution in [0, 0.1) is 17.8 Å². The Kier molecular flexibility index (Phi) is 7.32. The molecule has 3 nitrogen and oxygen atoms in total. The van der Waals surface area contributed by atoms with Gasteiger partial charge in [0.2, 0.25) is 5.91 Å². The van der Waals surface area contributed by atoms with E-state index in [1.807, 2.05) is 0 Å². The molecule has 0 saturated carbocycles. The summed E-state index contributed by atoms with van der Waals surface area (Å²) in [5.74, 6) is 2.35. The lowest BCUT2D eigenvalue weighted by atomic mass is 9.83. The number of rotatable bonds is 3. The zero-order valence-corrected chi connectivity index (χ0v) is 14.0. The number of nitrogens with one attached hydrogen (secondary N) is 1. The van der Waals surface area contributed by atoms with E-state index in [4.69, 9.17) is 0 Å². The average molecular weight is 303 g/mol. The first-order valence-electron chi connectivity index (χ1n) is 8.08. The van der Waals surface area contributed by atoms with Crippen molar-refractivity contribution in [1.82, 2.24) is 10.2 Å². The normalized spacial score (nSPS) is 29.6. The topological polar surface area (TPSA) is 32.3 Å². The van der Waals surface area contributed by atoms with Crippen molar-refractivity contribution in [2.24, 2.45) is 17.8 Å². The van der Waals surface area contributed by atoms with Crippen LogP contribution >= 0.6 is 12.4 Å². The minimum Gasteiger partial charge on any atom is -0.340 e. The molecular weight excluding hydrogens is 272 g/mol. The molecule has 0 radical (unpaired) electrons. The van der Waals surface area contributed by atoms with Crippen LogP contribution in [0.1, 0.15) is 52.9 Å². The van der Waals surface area contributed by atoms with Gasteiger partial charge in [-0.05, 0) is 63.5 Å². The van der Waals surface area contributed by atoms with E-state index in [0.717, 1.165) is 32.0 Å². The average Bonchev–Trinajstić information content (AvgIpc) is 2.42. The summed E-state index contributed by atoms with van der Waals surface area (Å²) in [6.07, 6.45) is 5.67. The largest absolute Gasteiger partial charge is 0.340 e. The third-order valence-corrected chi connectivity index (χ3v) is 5.12. The standard InChI is InChI=1S/C16H30N2O.ClH/c1-12-4-5-14(3)18(11-12)16(19)10-13(2)15-6-8-17-9-7-15;/h12-15,17H,4-11H2,1-3H3;1H. The zero-order chi connectivity index (χ0) is 13.8. The van der Waals surface area contributed by atoms with Gasteiger partial charge < -0.3 is 10.2 Å². The lowest BCUT2D eigenvalue weighted by Gasteiger charge is -2.38. The van der Waals surface area contributed by atoms with E-state index < -0.39 is 0 Å². The van der Waals surface area contributed by atoms with Gasteiger partial charge in [0.25, 0.3) is 0 Å². The van der Waals surface area contributed by atoms with Gasteiger partial charge in [-0.3, -0.25) is 4.79 Å². The van der Waals surface area contributed by atoms with E-state index in [0.29, 0.717) is 23.8 Å². The maximum absolute atomic E-state index is 12.5. The summed E-state index contributed by atoms with van der Waals surface area (Å²) >= 11 is 0.